The number of pyridine rings is 1. The molecule has 0 aromatic carbocycles. The summed E-state index contributed by atoms with van der Waals surface area (Å²) >= 11 is 0. The van der Waals surface area contributed by atoms with E-state index in [0.29, 0.717) is 11.6 Å². The van der Waals surface area contributed by atoms with Crippen LogP contribution in [0.1, 0.15) is 5.56 Å². The standard InChI is InChI=1S/C16H19N7O3/c1-21-6-4-12(20-21)22(2)15(25)13-10(14(24)23(13)16(18)26)7-9-3-5-19-11(17)8-9/h3-6,8,10,13H,7H2,1-2H3,(H2,17,19)(H2,18,26)/t10-,13+/m1/s1. The minimum atomic E-state index is -0.985. The summed E-state index contributed by atoms with van der Waals surface area (Å²) in [5, 5.41) is 4.16. The van der Waals surface area contributed by atoms with Crippen molar-refractivity contribution in [1.29, 1.82) is 0 Å². The molecule has 10 heteroatoms. The minimum Gasteiger partial charge on any atom is -0.384 e. The van der Waals surface area contributed by atoms with Gasteiger partial charge in [0.15, 0.2) is 5.82 Å². The van der Waals surface area contributed by atoms with Crippen LogP contribution >= 0.6 is 0 Å². The number of likely N-dealkylation sites (N-methyl/N-ethyl adjacent to an activating group) is 1. The number of hydrogen-bond acceptors (Lipinski definition) is 6. The van der Waals surface area contributed by atoms with Gasteiger partial charge in [0.1, 0.15) is 11.9 Å². The summed E-state index contributed by atoms with van der Waals surface area (Å²) in [6.45, 7) is 0. The second-order valence-electron chi connectivity index (χ2n) is 6.14. The number of rotatable bonds is 4. The molecule has 0 bridgehead atoms. The molecule has 2 atom stereocenters. The van der Waals surface area contributed by atoms with Gasteiger partial charge in [0.25, 0.3) is 5.91 Å². The zero-order valence-corrected chi connectivity index (χ0v) is 14.4. The predicted molar refractivity (Wildman–Crippen MR) is 92.7 cm³/mol. The van der Waals surface area contributed by atoms with Gasteiger partial charge in [0.2, 0.25) is 5.91 Å². The van der Waals surface area contributed by atoms with Gasteiger partial charge in [-0.2, -0.15) is 5.10 Å². The molecule has 0 spiro atoms. The lowest BCUT2D eigenvalue weighted by Gasteiger charge is -2.44. The molecule has 3 heterocycles. The lowest BCUT2D eigenvalue weighted by Crippen LogP contribution is -2.70. The summed E-state index contributed by atoms with van der Waals surface area (Å²) in [5.74, 6) is -0.902. The molecule has 136 valence electrons. The third-order valence-electron chi connectivity index (χ3n) is 4.38. The number of urea groups is 1. The van der Waals surface area contributed by atoms with E-state index < -0.39 is 29.8 Å². The molecule has 0 radical (unpaired) electrons. The fourth-order valence-electron chi connectivity index (χ4n) is 3.04. The van der Waals surface area contributed by atoms with Gasteiger partial charge in [0.05, 0.1) is 5.92 Å². The number of nitrogens with two attached hydrogens (primary N) is 2. The van der Waals surface area contributed by atoms with Crippen LogP contribution in [0.25, 0.3) is 0 Å². The Morgan fingerprint density at radius 2 is 2.08 bits per heavy atom. The maximum atomic E-state index is 12.9. The number of primary amides is 1. The van der Waals surface area contributed by atoms with Crippen molar-refractivity contribution in [3.8, 4) is 0 Å². The number of nitrogen functional groups attached to an aromatic ring is 1. The number of hydrogen-bond donors (Lipinski definition) is 2. The molecule has 2 aromatic heterocycles. The largest absolute Gasteiger partial charge is 0.384 e. The zero-order valence-electron chi connectivity index (χ0n) is 14.4. The maximum Gasteiger partial charge on any atom is 0.322 e. The van der Waals surface area contributed by atoms with E-state index >= 15 is 0 Å². The van der Waals surface area contributed by atoms with Gasteiger partial charge in [-0.1, -0.05) is 0 Å². The van der Waals surface area contributed by atoms with E-state index in [1.165, 1.54) is 18.1 Å². The van der Waals surface area contributed by atoms with Crippen LogP contribution in [0, 0.1) is 5.92 Å². The normalized spacial score (nSPS) is 19.2. The van der Waals surface area contributed by atoms with Gasteiger partial charge in [-0.05, 0) is 24.1 Å². The molecule has 2 aromatic rings. The molecule has 3 rings (SSSR count). The predicted octanol–water partition coefficient (Wildman–Crippen LogP) is -0.491. The van der Waals surface area contributed by atoms with Gasteiger partial charge < -0.3 is 11.5 Å². The summed E-state index contributed by atoms with van der Waals surface area (Å²) in [6, 6.07) is 3.06. The Morgan fingerprint density at radius 3 is 2.65 bits per heavy atom. The van der Waals surface area contributed by atoms with Crippen LogP contribution < -0.4 is 16.4 Å². The highest BCUT2D eigenvalue weighted by molar-refractivity contribution is 6.12. The first-order valence-corrected chi connectivity index (χ1v) is 7.89. The van der Waals surface area contributed by atoms with Crippen LogP contribution in [-0.2, 0) is 23.1 Å². The second-order valence-corrected chi connectivity index (χ2v) is 6.14. The Bertz CT molecular complexity index is 878. The lowest BCUT2D eigenvalue weighted by molar-refractivity contribution is -0.156. The van der Waals surface area contributed by atoms with Crippen molar-refractivity contribution in [3.63, 3.8) is 0 Å². The van der Waals surface area contributed by atoms with Crippen LogP contribution in [0.5, 0.6) is 0 Å². The Morgan fingerprint density at radius 1 is 1.35 bits per heavy atom. The van der Waals surface area contributed by atoms with Crippen molar-refractivity contribution < 1.29 is 14.4 Å². The molecule has 1 aliphatic rings. The number of aryl methyl sites for hydroxylation is 1. The van der Waals surface area contributed by atoms with Crippen molar-refractivity contribution in [1.82, 2.24) is 19.7 Å². The number of carbonyl (C=O) groups excluding carboxylic acids is 3. The first-order chi connectivity index (χ1) is 12.3. The van der Waals surface area contributed by atoms with Crippen molar-refractivity contribution in [2.24, 2.45) is 18.7 Å². The highest BCUT2D eigenvalue weighted by atomic mass is 16.2. The highest BCUT2D eigenvalue weighted by Crippen LogP contribution is 2.32. The average Bonchev–Trinajstić information content (AvgIpc) is 3.02. The third-order valence-corrected chi connectivity index (χ3v) is 4.38. The van der Waals surface area contributed by atoms with E-state index in [0.717, 1.165) is 10.5 Å². The Labute approximate surface area is 149 Å². The number of aromatic nitrogens is 3. The van der Waals surface area contributed by atoms with Crippen molar-refractivity contribution in [3.05, 3.63) is 36.2 Å². The van der Waals surface area contributed by atoms with Crippen LogP contribution in [-0.4, -0.2) is 50.6 Å². The third kappa shape index (κ3) is 2.96. The van der Waals surface area contributed by atoms with E-state index in [2.05, 4.69) is 10.1 Å². The van der Waals surface area contributed by atoms with E-state index in [4.69, 9.17) is 11.5 Å². The number of amides is 4. The van der Waals surface area contributed by atoms with Gasteiger partial charge in [-0.3, -0.25) is 24.1 Å². The first-order valence-electron chi connectivity index (χ1n) is 7.89. The first kappa shape index (κ1) is 17.4. The summed E-state index contributed by atoms with van der Waals surface area (Å²) in [5.41, 5.74) is 11.7. The number of likely N-dealkylation sites (tertiary alicyclic amines) is 1. The topological polar surface area (TPSA) is 140 Å². The van der Waals surface area contributed by atoms with Gasteiger partial charge in [0, 0.05) is 32.6 Å². The van der Waals surface area contributed by atoms with E-state index in [9.17, 15) is 14.4 Å². The van der Waals surface area contributed by atoms with Crippen LogP contribution in [0.15, 0.2) is 30.6 Å². The fraction of sp³-hybridized carbons (Fsp3) is 0.312. The van der Waals surface area contributed by atoms with Gasteiger partial charge >= 0.3 is 6.03 Å². The number of β-lactam (4-membered cyclic amide) rings is 1. The molecule has 4 amide bonds. The van der Waals surface area contributed by atoms with Gasteiger partial charge in [-0.15, -0.1) is 0 Å². The Balaban J connectivity index is 1.85. The summed E-state index contributed by atoms with van der Waals surface area (Å²) < 4.78 is 1.55. The summed E-state index contributed by atoms with van der Waals surface area (Å²) in [6.07, 6.45) is 3.46. The molecule has 0 unspecified atom stereocenters. The highest BCUT2D eigenvalue weighted by Gasteiger charge is 2.54. The molecule has 1 saturated heterocycles. The molecule has 26 heavy (non-hydrogen) atoms. The number of anilines is 2. The van der Waals surface area contributed by atoms with E-state index in [1.54, 1.807) is 36.1 Å². The van der Waals surface area contributed by atoms with Crippen LogP contribution in [0.3, 0.4) is 0 Å². The number of carbonyl (C=O) groups is 3. The monoisotopic (exact) mass is 357 g/mol. The average molecular weight is 357 g/mol. The molecule has 10 nitrogen and oxygen atoms in total. The van der Waals surface area contributed by atoms with Crippen molar-refractivity contribution >= 4 is 29.5 Å². The van der Waals surface area contributed by atoms with Crippen molar-refractivity contribution in [2.75, 3.05) is 17.7 Å². The van der Waals surface area contributed by atoms with E-state index in [1.807, 2.05) is 0 Å². The SMILES string of the molecule is CN(C(=O)[C@@H]1[C@@H](Cc2ccnc(N)c2)C(=O)N1C(N)=O)c1ccn(C)n1. The summed E-state index contributed by atoms with van der Waals surface area (Å²) in [7, 11) is 3.26. The Kier molecular flexibility index (Phi) is 4.33. The van der Waals surface area contributed by atoms with E-state index in [-0.39, 0.29) is 6.42 Å². The second kappa shape index (κ2) is 6.47. The molecule has 4 N–H and O–H groups in total. The molecule has 0 saturated carbocycles. The molecular formula is C16H19N7O3. The quantitative estimate of drug-likeness (QED) is 0.707. The summed E-state index contributed by atoms with van der Waals surface area (Å²) in [4.78, 5) is 42.9. The smallest absolute Gasteiger partial charge is 0.322 e. The van der Waals surface area contributed by atoms with Crippen LogP contribution in [0.4, 0.5) is 16.4 Å². The fourth-order valence-corrected chi connectivity index (χ4v) is 3.04. The minimum absolute atomic E-state index is 0.252. The Hall–Kier alpha value is -3.43. The molecule has 1 aliphatic heterocycles. The lowest BCUT2D eigenvalue weighted by atomic mass is 9.82. The van der Waals surface area contributed by atoms with Crippen molar-refractivity contribution in [2.45, 2.75) is 12.5 Å². The van der Waals surface area contributed by atoms with Crippen LogP contribution in [0.2, 0.25) is 0 Å². The van der Waals surface area contributed by atoms with Gasteiger partial charge in [-0.25, -0.2) is 9.78 Å². The molecule has 1 fully saturated rings. The number of nitrogens with zero attached hydrogens (tertiary/aromatic N) is 5. The zero-order chi connectivity index (χ0) is 19.0. The molecular weight excluding hydrogens is 338 g/mol. The molecule has 0 aliphatic carbocycles. The maximum absolute atomic E-state index is 12.9. The number of imide groups is 1.